The lowest BCUT2D eigenvalue weighted by molar-refractivity contribution is -0.165. The number of amides is 2. The number of carbonyl (C=O) groups excluding carboxylic acids is 2. The number of halogens is 7. The van der Waals surface area contributed by atoms with Crippen molar-refractivity contribution < 1.29 is 35.9 Å². The molecule has 0 atom stereocenters. The molecule has 2 N–H and O–H groups in total. The first kappa shape index (κ1) is 33.6. The summed E-state index contributed by atoms with van der Waals surface area (Å²) in [4.78, 5) is 31.3. The van der Waals surface area contributed by atoms with E-state index in [1.165, 1.54) is 30.5 Å². The minimum atomic E-state index is -5.46. The molecular weight excluding hydrogens is 668 g/mol. The van der Waals surface area contributed by atoms with Crippen LogP contribution < -0.4 is 10.6 Å². The molecule has 5 aromatic rings. The zero-order chi connectivity index (χ0) is 34.8. The number of hydrogen-bond acceptors (Lipinski definition) is 7. The summed E-state index contributed by atoms with van der Waals surface area (Å²) in [7, 11) is 0. The van der Waals surface area contributed by atoms with Crippen LogP contribution in [0, 0.1) is 18.3 Å². The van der Waals surface area contributed by atoms with E-state index in [2.05, 4.69) is 30.9 Å². The van der Waals surface area contributed by atoms with E-state index in [1.54, 1.807) is 37.3 Å². The topological polar surface area (TPSA) is 143 Å². The van der Waals surface area contributed by atoms with E-state index in [4.69, 9.17) is 11.6 Å². The SMILES string of the molecule is Cc1cc(C#N)cc(C(=O)NCc2ccccc2)c1NC(=O)c1cc(Cn2nc(C(F)(F)F)c(C(F)(F)F)n2)nn1-c1ncccc1Cl. The Morgan fingerprint density at radius 2 is 1.58 bits per heavy atom. The van der Waals surface area contributed by atoms with E-state index in [0.29, 0.717) is 5.56 Å². The van der Waals surface area contributed by atoms with Gasteiger partial charge in [-0.3, -0.25) is 9.59 Å². The highest BCUT2D eigenvalue weighted by atomic mass is 35.5. The van der Waals surface area contributed by atoms with E-state index in [0.717, 1.165) is 16.3 Å². The maximum absolute atomic E-state index is 13.8. The molecule has 0 aliphatic rings. The number of nitrogens with one attached hydrogen (secondary N) is 2. The van der Waals surface area contributed by atoms with Gasteiger partial charge in [0.15, 0.2) is 17.2 Å². The molecule has 11 nitrogen and oxygen atoms in total. The Bertz CT molecular complexity index is 2020. The first-order valence-corrected chi connectivity index (χ1v) is 14.0. The van der Waals surface area contributed by atoms with E-state index < -0.39 is 42.1 Å². The fourth-order valence-corrected chi connectivity index (χ4v) is 4.76. The minimum absolute atomic E-state index is 0.00679. The monoisotopic (exact) mass is 687 g/mol. The number of pyridine rings is 1. The number of nitriles is 1. The molecule has 0 aliphatic carbocycles. The normalized spacial score (nSPS) is 11.6. The lowest BCUT2D eigenvalue weighted by Crippen LogP contribution is -2.26. The second kappa shape index (κ2) is 13.2. The van der Waals surface area contributed by atoms with Crippen LogP contribution in [0.2, 0.25) is 5.02 Å². The number of alkyl halides is 6. The fourth-order valence-electron chi connectivity index (χ4n) is 4.56. The van der Waals surface area contributed by atoms with Gasteiger partial charge in [-0.1, -0.05) is 41.9 Å². The Labute approximate surface area is 271 Å². The molecule has 3 aromatic heterocycles. The Kier molecular flexibility index (Phi) is 9.21. The van der Waals surface area contributed by atoms with Gasteiger partial charge in [0.1, 0.15) is 12.2 Å². The molecule has 0 saturated carbocycles. The first-order valence-electron chi connectivity index (χ1n) is 13.6. The summed E-state index contributed by atoms with van der Waals surface area (Å²) in [5.41, 5.74) is -3.84. The molecular formula is C30H20ClF6N9O2. The molecule has 48 heavy (non-hydrogen) atoms. The summed E-state index contributed by atoms with van der Waals surface area (Å²) in [5.74, 6) is -1.64. The number of rotatable bonds is 8. The third-order valence-corrected chi connectivity index (χ3v) is 6.97. The second-order valence-corrected chi connectivity index (χ2v) is 10.5. The van der Waals surface area contributed by atoms with Crippen molar-refractivity contribution >= 4 is 29.1 Å². The van der Waals surface area contributed by atoms with Crippen LogP contribution in [0.3, 0.4) is 0 Å². The maximum atomic E-state index is 13.8. The van der Waals surface area contributed by atoms with Crippen molar-refractivity contribution in [3.63, 3.8) is 0 Å². The zero-order valence-corrected chi connectivity index (χ0v) is 25.1. The van der Waals surface area contributed by atoms with Crippen LogP contribution in [-0.4, -0.2) is 41.6 Å². The second-order valence-electron chi connectivity index (χ2n) is 10.1. The van der Waals surface area contributed by atoms with Crippen molar-refractivity contribution in [1.29, 1.82) is 5.26 Å². The van der Waals surface area contributed by atoms with E-state index in [-0.39, 0.29) is 50.4 Å². The molecule has 18 heteroatoms. The summed E-state index contributed by atoms with van der Waals surface area (Å²) < 4.78 is 80.9. The standard InChI is InChI=1S/C30H20ClF6N9O2/c1-16-10-18(13-38)11-20(27(47)40-14-17-6-3-2-4-7-17)23(16)41-28(48)22-12-19(42-46(22)26-21(31)8-5-9-39-26)15-45-43-24(29(32,33)34)25(44-45)30(35,36)37/h2-12H,14-15H2,1H3,(H,40,47)(H,41,48). The summed E-state index contributed by atoms with van der Waals surface area (Å²) >= 11 is 6.28. The average molecular weight is 688 g/mol. The van der Waals surface area contributed by atoms with Gasteiger partial charge in [-0.2, -0.15) is 41.5 Å². The number of nitrogens with zero attached hydrogens (tertiary/aromatic N) is 7. The molecule has 0 radical (unpaired) electrons. The Hall–Kier alpha value is -5.76. The number of aromatic nitrogens is 6. The van der Waals surface area contributed by atoms with Gasteiger partial charge >= 0.3 is 12.4 Å². The molecule has 0 saturated heterocycles. The van der Waals surface area contributed by atoms with E-state index in [1.807, 2.05) is 6.07 Å². The van der Waals surface area contributed by atoms with Gasteiger partial charge < -0.3 is 10.6 Å². The van der Waals surface area contributed by atoms with Crippen LogP contribution >= 0.6 is 11.6 Å². The Morgan fingerprint density at radius 3 is 2.19 bits per heavy atom. The lowest BCUT2D eigenvalue weighted by Gasteiger charge is -2.15. The molecule has 0 fully saturated rings. The molecule has 2 amide bonds. The molecule has 0 bridgehead atoms. The van der Waals surface area contributed by atoms with Crippen molar-refractivity contribution in [3.05, 3.63) is 117 Å². The van der Waals surface area contributed by atoms with E-state index in [9.17, 15) is 41.2 Å². The van der Waals surface area contributed by atoms with Crippen LogP contribution in [0.5, 0.6) is 0 Å². The van der Waals surface area contributed by atoms with Crippen molar-refractivity contribution in [2.24, 2.45) is 0 Å². The van der Waals surface area contributed by atoms with Crippen molar-refractivity contribution in [2.45, 2.75) is 32.4 Å². The quantitative estimate of drug-likeness (QED) is 0.192. The number of carbonyl (C=O) groups is 2. The maximum Gasteiger partial charge on any atom is 0.437 e. The third-order valence-electron chi connectivity index (χ3n) is 6.67. The molecule has 0 spiro atoms. The van der Waals surface area contributed by atoms with Gasteiger partial charge in [0.05, 0.1) is 33.6 Å². The van der Waals surface area contributed by atoms with Crippen LogP contribution in [-0.2, 0) is 25.4 Å². The molecule has 0 unspecified atom stereocenters. The van der Waals surface area contributed by atoms with Gasteiger partial charge in [0, 0.05) is 12.7 Å². The summed E-state index contributed by atoms with van der Waals surface area (Å²) in [6, 6.07) is 17.6. The third kappa shape index (κ3) is 7.28. The zero-order valence-electron chi connectivity index (χ0n) is 24.4. The van der Waals surface area contributed by atoms with Gasteiger partial charge in [-0.15, -0.1) is 10.2 Å². The lowest BCUT2D eigenvalue weighted by atomic mass is 10.0. The summed E-state index contributed by atoms with van der Waals surface area (Å²) in [5, 5.41) is 25.0. The molecule has 3 heterocycles. The molecule has 5 rings (SSSR count). The Balaban J connectivity index is 1.52. The fraction of sp³-hybridized carbons (Fsp3) is 0.167. The van der Waals surface area contributed by atoms with Crippen LogP contribution in [0.25, 0.3) is 5.82 Å². The van der Waals surface area contributed by atoms with Crippen molar-refractivity contribution in [3.8, 4) is 11.9 Å². The number of aryl methyl sites for hydroxylation is 1. The summed E-state index contributed by atoms with van der Waals surface area (Å²) in [6.45, 7) is 0.854. The molecule has 246 valence electrons. The predicted octanol–water partition coefficient (Wildman–Crippen LogP) is 5.96. The minimum Gasteiger partial charge on any atom is -0.348 e. The smallest absolute Gasteiger partial charge is 0.348 e. The van der Waals surface area contributed by atoms with Gasteiger partial charge in [0.2, 0.25) is 0 Å². The van der Waals surface area contributed by atoms with Gasteiger partial charge in [-0.25, -0.2) is 9.67 Å². The first-order chi connectivity index (χ1) is 22.7. The average Bonchev–Trinajstić information content (AvgIpc) is 3.67. The molecule has 0 aliphatic heterocycles. The van der Waals surface area contributed by atoms with Gasteiger partial charge in [0.25, 0.3) is 11.8 Å². The van der Waals surface area contributed by atoms with Crippen molar-refractivity contribution in [2.75, 3.05) is 5.32 Å². The van der Waals surface area contributed by atoms with Crippen molar-refractivity contribution in [1.82, 2.24) is 35.1 Å². The highest BCUT2D eigenvalue weighted by Crippen LogP contribution is 2.38. The highest BCUT2D eigenvalue weighted by Gasteiger charge is 2.48. The van der Waals surface area contributed by atoms with Crippen LogP contribution in [0.15, 0.2) is 66.9 Å². The summed E-state index contributed by atoms with van der Waals surface area (Å²) in [6.07, 6.45) is -9.61. The van der Waals surface area contributed by atoms with Crippen LogP contribution in [0.4, 0.5) is 32.0 Å². The number of anilines is 1. The number of hydrogen-bond donors (Lipinski definition) is 2. The van der Waals surface area contributed by atoms with Gasteiger partial charge in [-0.05, 0) is 48.4 Å². The molecule has 2 aromatic carbocycles. The highest BCUT2D eigenvalue weighted by molar-refractivity contribution is 6.32. The van der Waals surface area contributed by atoms with Crippen LogP contribution in [0.1, 0.15) is 54.6 Å². The largest absolute Gasteiger partial charge is 0.437 e. The predicted molar refractivity (Wildman–Crippen MR) is 157 cm³/mol. The van der Waals surface area contributed by atoms with E-state index >= 15 is 0 Å². The number of benzene rings is 2. The Morgan fingerprint density at radius 1 is 0.917 bits per heavy atom.